The number of nitrogens with zero attached hydrogens (tertiary/aromatic N) is 3. The molecule has 23 heavy (non-hydrogen) atoms. The zero-order chi connectivity index (χ0) is 15.8. The minimum Gasteiger partial charge on any atom is -0.497 e. The molecule has 1 fully saturated rings. The number of aromatic nitrogens is 2. The molecule has 2 aromatic heterocycles. The summed E-state index contributed by atoms with van der Waals surface area (Å²) in [6.45, 7) is 0.770. The maximum Gasteiger partial charge on any atom is 0.274 e. The van der Waals surface area contributed by atoms with Gasteiger partial charge in [-0.2, -0.15) is 0 Å². The number of imidazole rings is 1. The fourth-order valence-electron chi connectivity index (χ4n) is 3.18. The monoisotopic (exact) mass is 327 g/mol. The average molecular weight is 327 g/mol. The summed E-state index contributed by atoms with van der Waals surface area (Å²) in [5.74, 6) is 0.829. The summed E-state index contributed by atoms with van der Waals surface area (Å²) < 4.78 is 7.20. The van der Waals surface area contributed by atoms with Gasteiger partial charge in [-0.15, -0.1) is 11.3 Å². The Labute approximate surface area is 138 Å². The Morgan fingerprint density at radius 2 is 2.35 bits per heavy atom. The lowest BCUT2D eigenvalue weighted by Crippen LogP contribution is -2.30. The lowest BCUT2D eigenvalue weighted by atomic mass is 10.0. The molecule has 0 bridgehead atoms. The van der Waals surface area contributed by atoms with Crippen LogP contribution in [0.25, 0.3) is 4.96 Å². The molecule has 1 atom stereocenters. The van der Waals surface area contributed by atoms with E-state index in [0.717, 1.165) is 35.7 Å². The lowest BCUT2D eigenvalue weighted by Gasteiger charge is -2.24. The number of hydrogen-bond acceptors (Lipinski definition) is 4. The van der Waals surface area contributed by atoms with Crippen molar-refractivity contribution in [2.45, 2.75) is 18.9 Å². The van der Waals surface area contributed by atoms with Crippen molar-refractivity contribution in [3.05, 3.63) is 53.3 Å². The van der Waals surface area contributed by atoms with Gasteiger partial charge in [-0.1, -0.05) is 12.1 Å². The third-order valence-corrected chi connectivity index (χ3v) is 5.08. The molecule has 1 aromatic carbocycles. The van der Waals surface area contributed by atoms with E-state index in [1.807, 2.05) is 45.3 Å². The molecule has 3 aromatic rings. The van der Waals surface area contributed by atoms with Crippen molar-refractivity contribution in [2.24, 2.45) is 0 Å². The number of likely N-dealkylation sites (tertiary alicyclic amines) is 1. The van der Waals surface area contributed by atoms with Gasteiger partial charge in [0.1, 0.15) is 11.4 Å². The first-order valence-corrected chi connectivity index (χ1v) is 8.51. The van der Waals surface area contributed by atoms with Crippen molar-refractivity contribution in [1.82, 2.24) is 14.3 Å². The molecule has 6 heteroatoms. The van der Waals surface area contributed by atoms with Crippen molar-refractivity contribution in [3.63, 3.8) is 0 Å². The molecule has 1 amide bonds. The van der Waals surface area contributed by atoms with Crippen molar-refractivity contribution >= 4 is 22.2 Å². The van der Waals surface area contributed by atoms with E-state index in [0.29, 0.717) is 5.69 Å². The van der Waals surface area contributed by atoms with Gasteiger partial charge in [0.25, 0.3) is 5.91 Å². The number of ether oxygens (including phenoxy) is 1. The number of benzene rings is 1. The van der Waals surface area contributed by atoms with Crippen LogP contribution in [0.15, 0.2) is 42.0 Å². The standard InChI is InChI=1S/C17H17N3O2S/c1-22-13-5-2-4-12(10-13)15-6-3-7-20(15)16(21)14-11-19-8-9-23-17(19)18-14/h2,4-5,8-11,15H,3,6-7H2,1H3/t15-/m1/s1. The molecule has 5 nitrogen and oxygen atoms in total. The highest BCUT2D eigenvalue weighted by Gasteiger charge is 2.32. The number of methoxy groups -OCH3 is 1. The van der Waals surface area contributed by atoms with E-state index in [-0.39, 0.29) is 11.9 Å². The van der Waals surface area contributed by atoms with E-state index in [4.69, 9.17) is 4.74 Å². The SMILES string of the molecule is COc1cccc([C@H]2CCCN2C(=O)c2cn3ccsc3n2)c1. The Kier molecular flexibility index (Phi) is 3.53. The minimum absolute atomic E-state index is 0.00576. The Balaban J connectivity index is 1.64. The summed E-state index contributed by atoms with van der Waals surface area (Å²) >= 11 is 1.53. The van der Waals surface area contributed by atoms with Crippen LogP contribution in [-0.4, -0.2) is 33.8 Å². The van der Waals surface area contributed by atoms with Gasteiger partial charge in [-0.25, -0.2) is 4.98 Å². The third-order valence-electron chi connectivity index (χ3n) is 4.30. The van der Waals surface area contributed by atoms with Gasteiger partial charge in [-0.05, 0) is 30.5 Å². The molecule has 4 rings (SSSR count). The number of rotatable bonds is 3. The smallest absolute Gasteiger partial charge is 0.274 e. The topological polar surface area (TPSA) is 46.8 Å². The molecule has 0 unspecified atom stereocenters. The molecule has 118 valence electrons. The third kappa shape index (κ3) is 2.49. The van der Waals surface area contributed by atoms with Crippen LogP contribution in [0.1, 0.15) is 34.9 Å². The highest BCUT2D eigenvalue weighted by molar-refractivity contribution is 7.15. The molecule has 0 saturated carbocycles. The van der Waals surface area contributed by atoms with Crippen LogP contribution in [0.4, 0.5) is 0 Å². The van der Waals surface area contributed by atoms with Crippen LogP contribution in [0.2, 0.25) is 0 Å². The Morgan fingerprint density at radius 1 is 1.43 bits per heavy atom. The fourth-order valence-corrected chi connectivity index (χ4v) is 3.88. The van der Waals surface area contributed by atoms with Gasteiger partial charge >= 0.3 is 0 Å². The number of fused-ring (bicyclic) bond motifs is 1. The van der Waals surface area contributed by atoms with E-state index >= 15 is 0 Å². The predicted molar refractivity (Wildman–Crippen MR) is 89.1 cm³/mol. The zero-order valence-electron chi connectivity index (χ0n) is 12.8. The molecule has 0 N–H and O–H groups in total. The first-order valence-electron chi connectivity index (χ1n) is 7.63. The maximum atomic E-state index is 12.9. The highest BCUT2D eigenvalue weighted by Crippen LogP contribution is 2.34. The van der Waals surface area contributed by atoms with Crippen LogP contribution in [0, 0.1) is 0 Å². The Bertz CT molecular complexity index is 826. The van der Waals surface area contributed by atoms with Crippen molar-refractivity contribution in [1.29, 1.82) is 0 Å². The van der Waals surface area contributed by atoms with E-state index in [1.165, 1.54) is 11.3 Å². The molecule has 1 aliphatic heterocycles. The molecular formula is C17H17N3O2S. The van der Waals surface area contributed by atoms with E-state index < -0.39 is 0 Å². The number of carbonyl (C=O) groups is 1. The molecule has 1 aliphatic rings. The molecule has 3 heterocycles. The molecule has 0 aliphatic carbocycles. The van der Waals surface area contributed by atoms with Gasteiger partial charge in [-0.3, -0.25) is 9.20 Å². The average Bonchev–Trinajstić information content (AvgIpc) is 3.29. The van der Waals surface area contributed by atoms with E-state index in [2.05, 4.69) is 11.1 Å². The summed E-state index contributed by atoms with van der Waals surface area (Å²) in [4.78, 5) is 20.1. The summed E-state index contributed by atoms with van der Waals surface area (Å²) in [6.07, 6.45) is 5.72. The van der Waals surface area contributed by atoms with Crippen LogP contribution in [0.5, 0.6) is 5.75 Å². The number of amides is 1. The maximum absolute atomic E-state index is 12.9. The molecular weight excluding hydrogens is 310 g/mol. The van der Waals surface area contributed by atoms with Gasteiger partial charge < -0.3 is 9.64 Å². The minimum atomic E-state index is 0.00576. The second kappa shape index (κ2) is 5.70. The number of carbonyl (C=O) groups excluding carboxylic acids is 1. The van der Waals surface area contributed by atoms with E-state index in [9.17, 15) is 4.79 Å². The second-order valence-electron chi connectivity index (χ2n) is 5.65. The van der Waals surface area contributed by atoms with Gasteiger partial charge in [0.15, 0.2) is 4.96 Å². The molecule has 0 spiro atoms. The quantitative estimate of drug-likeness (QED) is 0.741. The van der Waals surface area contributed by atoms with Crippen molar-refractivity contribution < 1.29 is 9.53 Å². The Morgan fingerprint density at radius 3 is 3.17 bits per heavy atom. The van der Waals surface area contributed by atoms with Crippen LogP contribution >= 0.6 is 11.3 Å². The van der Waals surface area contributed by atoms with Gasteiger partial charge in [0.05, 0.1) is 13.2 Å². The van der Waals surface area contributed by atoms with E-state index in [1.54, 1.807) is 7.11 Å². The van der Waals surface area contributed by atoms with Crippen molar-refractivity contribution in [3.8, 4) is 5.75 Å². The van der Waals surface area contributed by atoms with Gasteiger partial charge in [0, 0.05) is 24.3 Å². The van der Waals surface area contributed by atoms with Crippen LogP contribution in [0.3, 0.4) is 0 Å². The zero-order valence-corrected chi connectivity index (χ0v) is 13.6. The predicted octanol–water partition coefficient (Wildman–Crippen LogP) is 3.38. The van der Waals surface area contributed by atoms with Crippen molar-refractivity contribution in [2.75, 3.05) is 13.7 Å². The van der Waals surface area contributed by atoms with Crippen LogP contribution < -0.4 is 4.74 Å². The van der Waals surface area contributed by atoms with Crippen LogP contribution in [-0.2, 0) is 0 Å². The largest absolute Gasteiger partial charge is 0.497 e. The second-order valence-corrected chi connectivity index (χ2v) is 6.53. The normalized spacial score (nSPS) is 17.8. The fraction of sp³-hybridized carbons (Fsp3) is 0.294. The number of thiazole rings is 1. The summed E-state index contributed by atoms with van der Waals surface area (Å²) in [5, 5.41) is 1.96. The summed E-state index contributed by atoms with van der Waals surface area (Å²) in [6, 6.07) is 8.07. The molecule has 1 saturated heterocycles. The summed E-state index contributed by atoms with van der Waals surface area (Å²) in [7, 11) is 1.66. The van der Waals surface area contributed by atoms with Gasteiger partial charge in [0.2, 0.25) is 0 Å². The first kappa shape index (κ1) is 14.3. The number of hydrogen-bond donors (Lipinski definition) is 0. The summed E-state index contributed by atoms with van der Waals surface area (Å²) in [5.41, 5.74) is 1.64. The Hall–Kier alpha value is -2.34. The lowest BCUT2D eigenvalue weighted by molar-refractivity contribution is 0.0730. The first-order chi connectivity index (χ1) is 11.3. The molecule has 0 radical (unpaired) electrons. The highest BCUT2D eigenvalue weighted by atomic mass is 32.1.